The molecule has 1 amide bonds. The number of carbonyl (C=O) groups excluding carboxylic acids is 1. The highest BCUT2D eigenvalue weighted by molar-refractivity contribution is 7.98. The lowest BCUT2D eigenvalue weighted by Gasteiger charge is -2.33. The summed E-state index contributed by atoms with van der Waals surface area (Å²) in [6.07, 6.45) is 7.69. The second kappa shape index (κ2) is 10.1. The molecular weight excluding hydrogens is 392 g/mol. The zero-order chi connectivity index (χ0) is 20.8. The van der Waals surface area contributed by atoms with E-state index in [0.29, 0.717) is 19.1 Å². The van der Waals surface area contributed by atoms with Gasteiger partial charge in [-0.1, -0.05) is 36.8 Å². The number of carbonyl (C=O) groups is 1. The number of benzene rings is 1. The van der Waals surface area contributed by atoms with Crippen LogP contribution in [0.5, 0.6) is 0 Å². The molecule has 3 heterocycles. The van der Waals surface area contributed by atoms with Gasteiger partial charge in [-0.2, -0.15) is 0 Å². The van der Waals surface area contributed by atoms with Gasteiger partial charge in [0.1, 0.15) is 11.6 Å². The van der Waals surface area contributed by atoms with Crippen LogP contribution < -0.4 is 5.32 Å². The predicted molar refractivity (Wildman–Crippen MR) is 124 cm³/mol. The van der Waals surface area contributed by atoms with Crippen molar-refractivity contribution in [1.82, 2.24) is 19.8 Å². The van der Waals surface area contributed by atoms with E-state index in [4.69, 9.17) is 0 Å². The lowest BCUT2D eigenvalue weighted by atomic mass is 10.0. The number of aromatic nitrogens is 2. The molecule has 1 aliphatic rings. The summed E-state index contributed by atoms with van der Waals surface area (Å²) in [5.41, 5.74) is 2.34. The van der Waals surface area contributed by atoms with E-state index < -0.39 is 0 Å². The third-order valence-electron chi connectivity index (χ3n) is 5.86. The molecule has 0 aliphatic carbocycles. The first kappa shape index (κ1) is 20.9. The fourth-order valence-corrected chi connectivity index (χ4v) is 5.07. The van der Waals surface area contributed by atoms with E-state index in [1.807, 2.05) is 29.1 Å². The van der Waals surface area contributed by atoms with E-state index in [2.05, 4.69) is 52.5 Å². The third-order valence-corrected chi connectivity index (χ3v) is 6.93. The van der Waals surface area contributed by atoms with Gasteiger partial charge < -0.3 is 9.88 Å². The average molecular weight is 423 g/mol. The molecule has 1 aromatic carbocycles. The van der Waals surface area contributed by atoms with Crippen LogP contribution in [-0.2, 0) is 17.1 Å². The molecule has 0 bridgehead atoms. The second-order valence-corrected chi connectivity index (χ2v) is 8.96. The van der Waals surface area contributed by atoms with Crippen LogP contribution in [0.15, 0.2) is 59.9 Å². The van der Waals surface area contributed by atoms with Gasteiger partial charge in [0.25, 0.3) is 0 Å². The first-order valence-electron chi connectivity index (χ1n) is 10.8. The highest BCUT2D eigenvalue weighted by Crippen LogP contribution is 2.29. The average Bonchev–Trinajstić information content (AvgIpc) is 3.18. The van der Waals surface area contributed by atoms with E-state index in [9.17, 15) is 4.79 Å². The van der Waals surface area contributed by atoms with Gasteiger partial charge in [0.15, 0.2) is 0 Å². The van der Waals surface area contributed by atoms with Crippen molar-refractivity contribution in [3.63, 3.8) is 0 Å². The van der Waals surface area contributed by atoms with Gasteiger partial charge >= 0.3 is 0 Å². The Hall–Kier alpha value is -2.31. The van der Waals surface area contributed by atoms with E-state index in [-0.39, 0.29) is 5.91 Å². The molecule has 1 unspecified atom stereocenters. The number of pyridine rings is 1. The first-order valence-corrected chi connectivity index (χ1v) is 11.8. The Bertz CT molecular complexity index is 972. The summed E-state index contributed by atoms with van der Waals surface area (Å²) in [5, 5.41) is 5.21. The van der Waals surface area contributed by atoms with Crippen molar-refractivity contribution < 1.29 is 4.79 Å². The Kier molecular flexibility index (Phi) is 7.07. The molecule has 3 aromatic rings. The minimum Gasteiger partial charge on any atom is -0.353 e. The van der Waals surface area contributed by atoms with Crippen LogP contribution in [0.4, 0.5) is 0 Å². The van der Waals surface area contributed by atoms with Crippen molar-refractivity contribution in [2.45, 2.75) is 49.6 Å². The first-order chi connectivity index (χ1) is 14.7. The van der Waals surface area contributed by atoms with Crippen LogP contribution in [0.3, 0.4) is 0 Å². The summed E-state index contributed by atoms with van der Waals surface area (Å²) in [5.74, 6) is 0.945. The summed E-state index contributed by atoms with van der Waals surface area (Å²) < 4.78 is 2.02. The minimum absolute atomic E-state index is 0.0625. The van der Waals surface area contributed by atoms with Crippen molar-refractivity contribution in [1.29, 1.82) is 0 Å². The summed E-state index contributed by atoms with van der Waals surface area (Å²) in [4.78, 5) is 19.6. The number of hydrogen-bond donors (Lipinski definition) is 1. The topological polar surface area (TPSA) is 50.2 Å². The van der Waals surface area contributed by atoms with Crippen molar-refractivity contribution >= 4 is 28.6 Å². The maximum absolute atomic E-state index is 12.5. The summed E-state index contributed by atoms with van der Waals surface area (Å²) in [7, 11) is 0. The fraction of sp³-hybridized carbons (Fsp3) is 0.417. The number of nitrogens with zero attached hydrogens (tertiary/aromatic N) is 3. The van der Waals surface area contributed by atoms with Crippen LogP contribution in [0.1, 0.15) is 31.7 Å². The molecule has 5 nitrogen and oxygen atoms in total. The van der Waals surface area contributed by atoms with Crippen molar-refractivity contribution in [3.8, 4) is 0 Å². The number of fused-ring (bicyclic) bond motifs is 1. The number of hydrogen-bond acceptors (Lipinski definition) is 4. The van der Waals surface area contributed by atoms with E-state index >= 15 is 0 Å². The van der Waals surface area contributed by atoms with Crippen molar-refractivity contribution in [2.75, 3.05) is 19.6 Å². The molecule has 0 radical (unpaired) electrons. The van der Waals surface area contributed by atoms with Gasteiger partial charge in [0.05, 0.1) is 5.52 Å². The zero-order valence-corrected chi connectivity index (χ0v) is 18.4. The summed E-state index contributed by atoms with van der Waals surface area (Å²) in [6.45, 7) is 5.42. The smallest absolute Gasteiger partial charge is 0.239 e. The molecule has 1 aliphatic heterocycles. The SMILES string of the molecule is CC1CCCCN1CCNC(=O)Cn1ccc2c(SCc3ccccc3)nccc21. The Balaban J connectivity index is 1.33. The van der Waals surface area contributed by atoms with Crippen molar-refractivity contribution in [2.24, 2.45) is 0 Å². The molecule has 30 heavy (non-hydrogen) atoms. The highest BCUT2D eigenvalue weighted by Gasteiger charge is 2.17. The lowest BCUT2D eigenvalue weighted by molar-refractivity contribution is -0.121. The highest BCUT2D eigenvalue weighted by atomic mass is 32.2. The summed E-state index contributed by atoms with van der Waals surface area (Å²) in [6, 6.07) is 15.1. The minimum atomic E-state index is 0.0625. The largest absolute Gasteiger partial charge is 0.353 e. The molecule has 0 saturated carbocycles. The standard InChI is InChI=1S/C24H30N4OS/c1-19-7-5-6-14-27(19)16-13-25-23(29)17-28-15-11-21-22(28)10-12-26-24(21)30-18-20-8-3-2-4-9-20/h2-4,8-12,15,19H,5-7,13-14,16-18H2,1H3,(H,25,29). The number of likely N-dealkylation sites (tertiary alicyclic amines) is 1. The monoisotopic (exact) mass is 422 g/mol. The Morgan fingerprint density at radius 3 is 2.90 bits per heavy atom. The fourth-order valence-electron chi connectivity index (χ4n) is 4.11. The number of nitrogens with one attached hydrogen (secondary N) is 1. The normalized spacial score (nSPS) is 17.3. The molecule has 158 valence electrons. The predicted octanol–water partition coefficient (Wildman–Crippen LogP) is 4.32. The van der Waals surface area contributed by atoms with Crippen LogP contribution in [0.2, 0.25) is 0 Å². The van der Waals surface area contributed by atoms with Crippen LogP contribution in [-0.4, -0.2) is 46.0 Å². The van der Waals surface area contributed by atoms with Gasteiger partial charge in [-0.15, -0.1) is 11.8 Å². The maximum Gasteiger partial charge on any atom is 0.239 e. The van der Waals surface area contributed by atoms with E-state index in [0.717, 1.165) is 34.8 Å². The summed E-state index contributed by atoms with van der Waals surface area (Å²) >= 11 is 1.73. The molecule has 0 spiro atoms. The van der Waals surface area contributed by atoms with Crippen LogP contribution >= 0.6 is 11.8 Å². The van der Waals surface area contributed by atoms with Gasteiger partial charge in [0.2, 0.25) is 5.91 Å². The van der Waals surface area contributed by atoms with Gasteiger partial charge in [-0.05, 0) is 44.0 Å². The van der Waals surface area contributed by atoms with Gasteiger partial charge in [-0.25, -0.2) is 4.98 Å². The molecule has 4 rings (SSSR count). The van der Waals surface area contributed by atoms with Gasteiger partial charge in [0, 0.05) is 42.7 Å². The van der Waals surface area contributed by atoms with Gasteiger partial charge in [-0.3, -0.25) is 9.69 Å². The Labute approximate surface area is 182 Å². The Morgan fingerprint density at radius 2 is 2.07 bits per heavy atom. The molecule has 1 N–H and O–H groups in total. The zero-order valence-electron chi connectivity index (χ0n) is 17.6. The number of amides is 1. The third kappa shape index (κ3) is 5.24. The molecule has 1 atom stereocenters. The second-order valence-electron chi connectivity index (χ2n) is 8.00. The Morgan fingerprint density at radius 1 is 1.20 bits per heavy atom. The maximum atomic E-state index is 12.5. The molecule has 6 heteroatoms. The van der Waals surface area contributed by atoms with Crippen LogP contribution in [0, 0.1) is 0 Å². The molecule has 1 saturated heterocycles. The quantitative estimate of drug-likeness (QED) is 0.549. The molecule has 1 fully saturated rings. The number of piperidine rings is 1. The number of rotatable bonds is 8. The number of thioether (sulfide) groups is 1. The van der Waals surface area contributed by atoms with E-state index in [1.165, 1.54) is 24.8 Å². The molecule has 2 aromatic heterocycles. The van der Waals surface area contributed by atoms with Crippen molar-refractivity contribution in [3.05, 3.63) is 60.4 Å². The van der Waals surface area contributed by atoms with E-state index in [1.54, 1.807) is 11.8 Å². The lowest BCUT2D eigenvalue weighted by Crippen LogP contribution is -2.42. The molecular formula is C24H30N4OS. The van der Waals surface area contributed by atoms with Crippen LogP contribution in [0.25, 0.3) is 10.9 Å².